The van der Waals surface area contributed by atoms with Gasteiger partial charge in [-0.3, -0.25) is 0 Å². The van der Waals surface area contributed by atoms with Crippen LogP contribution in [0.15, 0.2) is 11.4 Å². The number of aromatic nitrogens is 2. The fourth-order valence-corrected chi connectivity index (χ4v) is 1.42. The van der Waals surface area contributed by atoms with Crippen LogP contribution in [0.4, 0.5) is 5.82 Å². The molecule has 78 valence electrons. The average molecular weight is 209 g/mol. The first-order chi connectivity index (χ1) is 7.02. The molecule has 0 unspecified atom stereocenters. The third kappa shape index (κ3) is 1.20. The molecular weight excluding hydrogens is 202 g/mol. The number of hydrogen-bond acceptors (Lipinski definition) is 5. The highest BCUT2D eigenvalue weighted by atomic mass is 16.6. The second-order valence-corrected chi connectivity index (χ2v) is 3.10. The van der Waals surface area contributed by atoms with Crippen molar-refractivity contribution in [3.05, 3.63) is 32.7 Å². The van der Waals surface area contributed by atoms with Gasteiger partial charge in [-0.25, -0.2) is 9.36 Å². The maximum Gasteiger partial charge on any atom is 0.464 e. The summed E-state index contributed by atoms with van der Waals surface area (Å²) in [4.78, 5) is 24.6. The zero-order valence-electron chi connectivity index (χ0n) is 7.89. The third-order valence-corrected chi connectivity index (χ3v) is 2.12. The third-order valence-electron chi connectivity index (χ3n) is 2.12. The van der Waals surface area contributed by atoms with E-state index in [9.17, 15) is 14.9 Å². The summed E-state index contributed by atoms with van der Waals surface area (Å²) in [7, 11) is 0. The second kappa shape index (κ2) is 2.91. The van der Waals surface area contributed by atoms with Crippen molar-refractivity contribution >= 4 is 11.5 Å². The molecule has 0 amide bonds. The predicted molar refractivity (Wildman–Crippen MR) is 50.7 cm³/mol. The molecule has 0 aliphatic carbocycles. The number of fused-ring (bicyclic) bond motifs is 1. The summed E-state index contributed by atoms with van der Waals surface area (Å²) < 4.78 is 6.27. The summed E-state index contributed by atoms with van der Waals surface area (Å²) in [5.41, 5.74) is -0.0662. The van der Waals surface area contributed by atoms with E-state index in [0.717, 1.165) is 4.57 Å². The molecule has 1 aromatic rings. The van der Waals surface area contributed by atoms with Crippen molar-refractivity contribution in [1.82, 2.24) is 9.55 Å². The Morgan fingerprint density at radius 1 is 1.67 bits per heavy atom. The molecule has 0 spiro atoms. The lowest BCUT2D eigenvalue weighted by Crippen LogP contribution is -2.21. The smallest absolute Gasteiger partial charge is 0.464 e. The summed E-state index contributed by atoms with van der Waals surface area (Å²) >= 11 is 0. The zero-order valence-corrected chi connectivity index (χ0v) is 7.89. The van der Waals surface area contributed by atoms with Gasteiger partial charge in [0.1, 0.15) is 12.2 Å². The first-order valence-electron chi connectivity index (χ1n) is 4.11. The number of ether oxygens (including phenoxy) is 1. The van der Waals surface area contributed by atoms with E-state index in [1.54, 1.807) is 0 Å². The van der Waals surface area contributed by atoms with Gasteiger partial charge in [0.05, 0.1) is 5.70 Å². The maximum absolute atomic E-state index is 11.4. The van der Waals surface area contributed by atoms with Crippen molar-refractivity contribution in [1.29, 1.82) is 0 Å². The normalized spacial score (nSPS) is 13.5. The average Bonchev–Trinajstić information content (AvgIpc) is 2.54. The Balaban J connectivity index is 2.80. The number of nitro groups is 1. The molecule has 2 rings (SSSR count). The van der Waals surface area contributed by atoms with Gasteiger partial charge >= 0.3 is 11.5 Å². The molecule has 0 bridgehead atoms. The minimum Gasteiger partial charge on any atom is -0.472 e. The van der Waals surface area contributed by atoms with Crippen LogP contribution in [-0.4, -0.2) is 21.1 Å². The molecule has 1 aliphatic rings. The molecule has 0 N–H and O–H groups in total. The quantitative estimate of drug-likeness (QED) is 0.491. The van der Waals surface area contributed by atoms with Crippen molar-refractivity contribution in [2.45, 2.75) is 6.92 Å². The zero-order chi connectivity index (χ0) is 11.2. The van der Waals surface area contributed by atoms with Crippen LogP contribution in [0.25, 0.3) is 5.70 Å². The summed E-state index contributed by atoms with van der Waals surface area (Å²) in [5, 5.41) is 10.6. The fourth-order valence-electron chi connectivity index (χ4n) is 1.42. The summed E-state index contributed by atoms with van der Waals surface area (Å²) in [5.74, 6) is -0.312. The Morgan fingerprint density at radius 2 is 2.33 bits per heavy atom. The van der Waals surface area contributed by atoms with Gasteiger partial charge in [-0.15, -0.1) is 0 Å². The lowest BCUT2D eigenvalue weighted by molar-refractivity contribution is -0.390. The van der Waals surface area contributed by atoms with Gasteiger partial charge in [-0.2, -0.15) is 0 Å². The second-order valence-electron chi connectivity index (χ2n) is 3.10. The summed E-state index contributed by atoms with van der Waals surface area (Å²) in [6, 6.07) is 0. The molecule has 0 saturated heterocycles. The minimum absolute atomic E-state index is 0.152. The lowest BCUT2D eigenvalue weighted by atomic mass is 10.3. The Kier molecular flexibility index (Phi) is 1.82. The van der Waals surface area contributed by atoms with Gasteiger partial charge in [0, 0.05) is 4.98 Å². The molecular formula is C8H7N3O4. The Bertz CT molecular complexity index is 531. The Morgan fingerprint density at radius 3 is 2.93 bits per heavy atom. The fraction of sp³-hybridized carbons (Fsp3) is 0.250. The highest BCUT2D eigenvalue weighted by Crippen LogP contribution is 2.29. The monoisotopic (exact) mass is 209 g/mol. The molecule has 0 atom stereocenters. The highest BCUT2D eigenvalue weighted by molar-refractivity contribution is 5.54. The molecule has 15 heavy (non-hydrogen) atoms. The van der Waals surface area contributed by atoms with Gasteiger partial charge < -0.3 is 14.9 Å². The van der Waals surface area contributed by atoms with E-state index in [1.807, 2.05) is 0 Å². The van der Waals surface area contributed by atoms with E-state index in [2.05, 4.69) is 11.6 Å². The maximum atomic E-state index is 11.4. The minimum atomic E-state index is -0.732. The van der Waals surface area contributed by atoms with Gasteiger partial charge in [0.15, 0.2) is 0 Å². The molecule has 0 saturated carbocycles. The van der Waals surface area contributed by atoms with Crippen LogP contribution in [0.3, 0.4) is 0 Å². The van der Waals surface area contributed by atoms with Crippen LogP contribution in [-0.2, 0) is 0 Å². The van der Waals surface area contributed by atoms with E-state index in [0.29, 0.717) is 5.70 Å². The van der Waals surface area contributed by atoms with Gasteiger partial charge in [0.2, 0.25) is 5.88 Å². The Labute approximate surface area is 83.8 Å². The first kappa shape index (κ1) is 9.38. The van der Waals surface area contributed by atoms with E-state index in [-0.39, 0.29) is 18.1 Å². The van der Waals surface area contributed by atoms with Crippen molar-refractivity contribution in [2.24, 2.45) is 0 Å². The van der Waals surface area contributed by atoms with Crippen LogP contribution in [0.2, 0.25) is 0 Å². The molecule has 2 heterocycles. The van der Waals surface area contributed by atoms with E-state index >= 15 is 0 Å². The van der Waals surface area contributed by atoms with Crippen LogP contribution in [0, 0.1) is 17.0 Å². The number of hydrogen-bond donors (Lipinski definition) is 0. The summed E-state index contributed by atoms with van der Waals surface area (Å²) in [6.07, 6.45) is 0. The molecule has 0 fully saturated rings. The van der Waals surface area contributed by atoms with Crippen molar-refractivity contribution in [3.8, 4) is 5.88 Å². The van der Waals surface area contributed by atoms with Crippen molar-refractivity contribution in [2.75, 3.05) is 6.61 Å². The first-order valence-corrected chi connectivity index (χ1v) is 4.11. The molecule has 0 radical (unpaired) electrons. The highest BCUT2D eigenvalue weighted by Gasteiger charge is 2.29. The van der Waals surface area contributed by atoms with Crippen molar-refractivity contribution in [3.63, 3.8) is 0 Å². The molecule has 7 heteroatoms. The molecule has 1 aliphatic heterocycles. The van der Waals surface area contributed by atoms with Crippen molar-refractivity contribution < 1.29 is 9.66 Å². The number of rotatable bonds is 1. The summed E-state index contributed by atoms with van der Waals surface area (Å²) in [6.45, 7) is 5.23. The lowest BCUT2D eigenvalue weighted by Gasteiger charge is -2.02. The van der Waals surface area contributed by atoms with Gasteiger partial charge in [-0.1, -0.05) is 6.58 Å². The number of nitrogens with zero attached hydrogens (tertiary/aromatic N) is 3. The van der Waals surface area contributed by atoms with Crippen LogP contribution in [0.5, 0.6) is 5.88 Å². The topological polar surface area (TPSA) is 87.3 Å². The van der Waals surface area contributed by atoms with Gasteiger partial charge in [0.25, 0.3) is 0 Å². The Hall–Kier alpha value is -2.18. The van der Waals surface area contributed by atoms with Crippen LogP contribution in [0.1, 0.15) is 5.56 Å². The van der Waals surface area contributed by atoms with E-state index in [1.165, 1.54) is 6.92 Å². The molecule has 7 nitrogen and oxygen atoms in total. The van der Waals surface area contributed by atoms with E-state index < -0.39 is 16.4 Å². The largest absolute Gasteiger partial charge is 0.472 e. The SMILES string of the molecule is C=C1COc2c(C)c([N+](=O)[O-])nc(=O)n21. The molecule has 1 aromatic heterocycles. The van der Waals surface area contributed by atoms with Crippen LogP contribution < -0.4 is 10.4 Å². The van der Waals surface area contributed by atoms with Gasteiger partial charge in [-0.05, 0) is 11.8 Å². The molecule has 0 aromatic carbocycles. The van der Waals surface area contributed by atoms with E-state index in [4.69, 9.17) is 4.74 Å². The standard InChI is InChI=1S/C8H7N3O4/c1-4-3-15-7-5(2)6(11(13)14)9-8(12)10(4)7/h1,3H2,2H3. The predicted octanol–water partition coefficient (Wildman–Crippen LogP) is 0.323. The van der Waals surface area contributed by atoms with Crippen LogP contribution >= 0.6 is 0 Å².